The molecule has 1 aromatic carbocycles. The second-order valence-corrected chi connectivity index (χ2v) is 4.58. The molecule has 4 heteroatoms. The highest BCUT2D eigenvalue weighted by Gasteiger charge is 2.07. The Morgan fingerprint density at radius 3 is 2.56 bits per heavy atom. The zero-order chi connectivity index (χ0) is 12.0. The SMILES string of the molecule is CN(CCO)C(=O)CCc1ccc(Br)cc1. The Morgan fingerprint density at radius 2 is 2.00 bits per heavy atom. The van der Waals surface area contributed by atoms with Crippen molar-refractivity contribution in [2.45, 2.75) is 12.8 Å². The van der Waals surface area contributed by atoms with Gasteiger partial charge in [-0.05, 0) is 24.1 Å². The molecule has 0 saturated carbocycles. The number of amides is 1. The molecular weight excluding hydrogens is 270 g/mol. The van der Waals surface area contributed by atoms with Crippen LogP contribution in [0.5, 0.6) is 0 Å². The fourth-order valence-corrected chi connectivity index (χ4v) is 1.63. The summed E-state index contributed by atoms with van der Waals surface area (Å²) in [5.41, 5.74) is 1.15. The van der Waals surface area contributed by atoms with Gasteiger partial charge in [0, 0.05) is 24.5 Å². The van der Waals surface area contributed by atoms with Crippen LogP contribution in [0, 0.1) is 0 Å². The summed E-state index contributed by atoms with van der Waals surface area (Å²) in [6.45, 7) is 0.416. The molecule has 0 aliphatic rings. The molecule has 1 rings (SSSR count). The first-order valence-electron chi connectivity index (χ1n) is 5.22. The summed E-state index contributed by atoms with van der Waals surface area (Å²) in [6.07, 6.45) is 1.22. The van der Waals surface area contributed by atoms with Crippen molar-refractivity contribution in [3.05, 3.63) is 34.3 Å². The topological polar surface area (TPSA) is 40.5 Å². The van der Waals surface area contributed by atoms with E-state index in [1.807, 2.05) is 24.3 Å². The fraction of sp³-hybridized carbons (Fsp3) is 0.417. The van der Waals surface area contributed by atoms with E-state index in [1.165, 1.54) is 0 Å². The zero-order valence-corrected chi connectivity index (χ0v) is 10.9. The van der Waals surface area contributed by atoms with Crippen LogP contribution < -0.4 is 0 Å². The maximum atomic E-state index is 11.6. The van der Waals surface area contributed by atoms with E-state index in [2.05, 4.69) is 15.9 Å². The number of halogens is 1. The normalized spacial score (nSPS) is 10.2. The summed E-state index contributed by atoms with van der Waals surface area (Å²) >= 11 is 3.37. The average Bonchev–Trinajstić information content (AvgIpc) is 2.28. The van der Waals surface area contributed by atoms with E-state index in [0.717, 1.165) is 16.5 Å². The van der Waals surface area contributed by atoms with Crippen LogP contribution in [-0.4, -0.2) is 36.1 Å². The van der Waals surface area contributed by atoms with Crippen LogP contribution in [0.1, 0.15) is 12.0 Å². The predicted molar refractivity (Wildman–Crippen MR) is 67.2 cm³/mol. The first kappa shape index (κ1) is 13.2. The Hall–Kier alpha value is -0.870. The fourth-order valence-electron chi connectivity index (χ4n) is 1.37. The molecule has 88 valence electrons. The summed E-state index contributed by atoms with van der Waals surface area (Å²) in [6, 6.07) is 7.95. The lowest BCUT2D eigenvalue weighted by Gasteiger charge is -2.15. The second kappa shape index (κ2) is 6.66. The van der Waals surface area contributed by atoms with E-state index in [0.29, 0.717) is 13.0 Å². The van der Waals surface area contributed by atoms with E-state index < -0.39 is 0 Å². The molecule has 0 saturated heterocycles. The van der Waals surface area contributed by atoms with E-state index in [9.17, 15) is 4.79 Å². The molecule has 1 amide bonds. The first-order valence-corrected chi connectivity index (χ1v) is 6.02. The van der Waals surface area contributed by atoms with Crippen molar-refractivity contribution in [3.8, 4) is 0 Å². The van der Waals surface area contributed by atoms with Gasteiger partial charge in [0.05, 0.1) is 6.61 Å². The van der Waals surface area contributed by atoms with Crippen molar-refractivity contribution in [2.75, 3.05) is 20.2 Å². The molecule has 0 aliphatic heterocycles. The van der Waals surface area contributed by atoms with E-state index in [1.54, 1.807) is 11.9 Å². The first-order chi connectivity index (χ1) is 7.63. The van der Waals surface area contributed by atoms with E-state index in [-0.39, 0.29) is 12.5 Å². The second-order valence-electron chi connectivity index (χ2n) is 3.67. The summed E-state index contributed by atoms with van der Waals surface area (Å²) in [7, 11) is 1.71. The van der Waals surface area contributed by atoms with Crippen molar-refractivity contribution in [2.24, 2.45) is 0 Å². The molecule has 0 heterocycles. The number of carbonyl (C=O) groups is 1. The van der Waals surface area contributed by atoms with Crippen molar-refractivity contribution >= 4 is 21.8 Å². The Balaban J connectivity index is 2.39. The molecular formula is C12H16BrNO2. The molecule has 0 radical (unpaired) electrons. The molecule has 0 fully saturated rings. The molecule has 3 nitrogen and oxygen atoms in total. The van der Waals surface area contributed by atoms with Gasteiger partial charge in [-0.15, -0.1) is 0 Å². The van der Waals surface area contributed by atoms with E-state index in [4.69, 9.17) is 5.11 Å². The van der Waals surface area contributed by atoms with Crippen molar-refractivity contribution < 1.29 is 9.90 Å². The largest absolute Gasteiger partial charge is 0.395 e. The van der Waals surface area contributed by atoms with Gasteiger partial charge >= 0.3 is 0 Å². The predicted octanol–water partition coefficient (Wildman–Crippen LogP) is 1.83. The Labute approximate surface area is 104 Å². The van der Waals surface area contributed by atoms with Gasteiger partial charge in [-0.25, -0.2) is 0 Å². The molecule has 1 aromatic rings. The van der Waals surface area contributed by atoms with Crippen LogP contribution in [0.2, 0.25) is 0 Å². The third kappa shape index (κ3) is 4.33. The van der Waals surface area contributed by atoms with Crippen molar-refractivity contribution in [1.29, 1.82) is 0 Å². The van der Waals surface area contributed by atoms with Crippen LogP contribution in [-0.2, 0) is 11.2 Å². The molecule has 0 aromatic heterocycles. The third-order valence-electron chi connectivity index (χ3n) is 2.40. The molecule has 0 bridgehead atoms. The lowest BCUT2D eigenvalue weighted by Crippen LogP contribution is -2.29. The van der Waals surface area contributed by atoms with Crippen LogP contribution >= 0.6 is 15.9 Å². The quantitative estimate of drug-likeness (QED) is 0.897. The Kier molecular flexibility index (Phi) is 5.49. The van der Waals surface area contributed by atoms with Gasteiger partial charge in [-0.3, -0.25) is 4.79 Å². The van der Waals surface area contributed by atoms with Gasteiger partial charge in [0.15, 0.2) is 0 Å². The molecule has 0 unspecified atom stereocenters. The van der Waals surface area contributed by atoms with Gasteiger partial charge in [0.2, 0.25) is 5.91 Å². The molecule has 0 spiro atoms. The highest BCUT2D eigenvalue weighted by molar-refractivity contribution is 9.10. The smallest absolute Gasteiger partial charge is 0.222 e. The van der Waals surface area contributed by atoms with Crippen LogP contribution in [0.15, 0.2) is 28.7 Å². The van der Waals surface area contributed by atoms with Crippen molar-refractivity contribution in [3.63, 3.8) is 0 Å². The number of aryl methyl sites for hydroxylation is 1. The number of aliphatic hydroxyl groups is 1. The summed E-state index contributed by atoms with van der Waals surface area (Å²) in [5.74, 6) is 0.0666. The van der Waals surface area contributed by atoms with Gasteiger partial charge in [0.1, 0.15) is 0 Å². The molecule has 16 heavy (non-hydrogen) atoms. The minimum absolute atomic E-state index is 0.0144. The lowest BCUT2D eigenvalue weighted by molar-refractivity contribution is -0.130. The number of hydrogen-bond donors (Lipinski definition) is 1. The highest BCUT2D eigenvalue weighted by Crippen LogP contribution is 2.12. The number of likely N-dealkylation sites (N-methyl/N-ethyl adjacent to an activating group) is 1. The molecule has 1 N–H and O–H groups in total. The van der Waals surface area contributed by atoms with E-state index >= 15 is 0 Å². The standard InChI is InChI=1S/C12H16BrNO2/c1-14(8-9-15)12(16)7-4-10-2-5-11(13)6-3-10/h2-3,5-6,15H,4,7-9H2,1H3. The van der Waals surface area contributed by atoms with Gasteiger partial charge in [0.25, 0.3) is 0 Å². The van der Waals surface area contributed by atoms with Crippen LogP contribution in [0.4, 0.5) is 0 Å². The van der Waals surface area contributed by atoms with Crippen LogP contribution in [0.3, 0.4) is 0 Å². The number of rotatable bonds is 5. The van der Waals surface area contributed by atoms with Crippen molar-refractivity contribution in [1.82, 2.24) is 4.90 Å². The molecule has 0 atom stereocenters. The number of carbonyl (C=O) groups excluding carboxylic acids is 1. The Bertz CT molecular complexity index is 337. The number of nitrogens with zero attached hydrogens (tertiary/aromatic N) is 1. The van der Waals surface area contributed by atoms with Gasteiger partial charge in [-0.2, -0.15) is 0 Å². The monoisotopic (exact) mass is 285 g/mol. The van der Waals surface area contributed by atoms with Crippen LogP contribution in [0.25, 0.3) is 0 Å². The maximum absolute atomic E-state index is 11.6. The zero-order valence-electron chi connectivity index (χ0n) is 9.32. The highest BCUT2D eigenvalue weighted by atomic mass is 79.9. The summed E-state index contributed by atoms with van der Waals surface area (Å²) in [5, 5.41) is 8.70. The number of aliphatic hydroxyl groups excluding tert-OH is 1. The number of hydrogen-bond acceptors (Lipinski definition) is 2. The minimum atomic E-state index is 0.0144. The summed E-state index contributed by atoms with van der Waals surface area (Å²) < 4.78 is 1.04. The minimum Gasteiger partial charge on any atom is -0.395 e. The molecule has 0 aliphatic carbocycles. The Morgan fingerprint density at radius 1 is 1.38 bits per heavy atom. The lowest BCUT2D eigenvalue weighted by atomic mass is 10.1. The van der Waals surface area contributed by atoms with Gasteiger partial charge < -0.3 is 10.0 Å². The summed E-state index contributed by atoms with van der Waals surface area (Å²) in [4.78, 5) is 13.1. The third-order valence-corrected chi connectivity index (χ3v) is 2.93. The maximum Gasteiger partial charge on any atom is 0.222 e. The van der Waals surface area contributed by atoms with Gasteiger partial charge in [-0.1, -0.05) is 28.1 Å². The number of benzene rings is 1. The average molecular weight is 286 g/mol.